The Hall–Kier alpha value is -1.55. The molecule has 0 aromatic heterocycles. The van der Waals surface area contributed by atoms with Crippen LogP contribution >= 0.6 is 11.6 Å². The Morgan fingerprint density at radius 2 is 1.95 bits per heavy atom. The lowest BCUT2D eigenvalue weighted by Crippen LogP contribution is -2.62. The number of hydrogen-bond donors (Lipinski definition) is 1. The fourth-order valence-corrected chi connectivity index (χ4v) is 2.49. The minimum absolute atomic E-state index is 0.0343. The molecular formula is C15H19ClN2O2. The number of carbonyl (C=O) groups excluding carboxylic acids is 2. The smallest absolute Gasteiger partial charge is 0.250 e. The van der Waals surface area contributed by atoms with Crippen molar-refractivity contribution in [3.63, 3.8) is 0 Å². The van der Waals surface area contributed by atoms with Crippen LogP contribution in [0.4, 0.5) is 5.69 Å². The molecule has 1 N–H and O–H groups in total. The molecule has 1 aromatic rings. The van der Waals surface area contributed by atoms with E-state index in [1.807, 2.05) is 33.8 Å². The van der Waals surface area contributed by atoms with Crippen LogP contribution in [0.25, 0.3) is 0 Å². The van der Waals surface area contributed by atoms with Crippen molar-refractivity contribution in [1.82, 2.24) is 5.32 Å². The van der Waals surface area contributed by atoms with E-state index < -0.39 is 6.04 Å². The molecular weight excluding hydrogens is 276 g/mol. The Morgan fingerprint density at radius 3 is 2.55 bits per heavy atom. The SMILES string of the molecule is Cc1c(Cl)cccc1N1CC(=O)NC(C(C)(C)C)C1=O. The summed E-state index contributed by atoms with van der Waals surface area (Å²) in [7, 11) is 0. The van der Waals surface area contributed by atoms with E-state index in [1.165, 1.54) is 4.90 Å². The molecule has 1 heterocycles. The first-order valence-electron chi connectivity index (χ1n) is 6.57. The molecule has 4 nitrogen and oxygen atoms in total. The predicted octanol–water partition coefficient (Wildman–Crippen LogP) is 2.53. The maximum atomic E-state index is 12.6. The summed E-state index contributed by atoms with van der Waals surface area (Å²) >= 11 is 6.10. The fraction of sp³-hybridized carbons (Fsp3) is 0.467. The average molecular weight is 295 g/mol. The average Bonchev–Trinajstić information content (AvgIpc) is 2.34. The molecule has 1 aliphatic heterocycles. The highest BCUT2D eigenvalue weighted by atomic mass is 35.5. The highest BCUT2D eigenvalue weighted by Crippen LogP contribution is 2.30. The zero-order valence-corrected chi connectivity index (χ0v) is 12.9. The van der Waals surface area contributed by atoms with Crippen LogP contribution in [-0.4, -0.2) is 24.4 Å². The third kappa shape index (κ3) is 2.66. The van der Waals surface area contributed by atoms with E-state index in [0.717, 1.165) is 5.56 Å². The summed E-state index contributed by atoms with van der Waals surface area (Å²) in [5, 5.41) is 3.37. The number of hydrogen-bond acceptors (Lipinski definition) is 2. The number of nitrogens with one attached hydrogen (secondary N) is 1. The summed E-state index contributed by atoms with van der Waals surface area (Å²) in [5.41, 5.74) is 1.18. The van der Waals surface area contributed by atoms with Crippen LogP contribution < -0.4 is 10.2 Å². The van der Waals surface area contributed by atoms with E-state index in [1.54, 1.807) is 12.1 Å². The van der Waals surface area contributed by atoms with Gasteiger partial charge in [0.1, 0.15) is 12.6 Å². The Labute approximate surface area is 124 Å². The third-order valence-electron chi connectivity index (χ3n) is 3.52. The molecule has 1 saturated heterocycles. The summed E-state index contributed by atoms with van der Waals surface area (Å²) in [6.45, 7) is 7.69. The van der Waals surface area contributed by atoms with Crippen LogP contribution in [-0.2, 0) is 9.59 Å². The lowest BCUT2D eigenvalue weighted by molar-refractivity contribution is -0.133. The van der Waals surface area contributed by atoms with Gasteiger partial charge in [-0.1, -0.05) is 38.4 Å². The number of nitrogens with zero attached hydrogens (tertiary/aromatic N) is 1. The molecule has 1 fully saturated rings. The highest BCUT2D eigenvalue weighted by molar-refractivity contribution is 6.31. The van der Waals surface area contributed by atoms with Crippen molar-refractivity contribution in [2.45, 2.75) is 33.7 Å². The first kappa shape index (κ1) is 14.9. The number of amides is 2. The second-order valence-corrected chi connectivity index (χ2v) is 6.58. The molecule has 20 heavy (non-hydrogen) atoms. The zero-order valence-electron chi connectivity index (χ0n) is 12.2. The second-order valence-electron chi connectivity index (χ2n) is 6.17. The van der Waals surface area contributed by atoms with Gasteiger partial charge in [0.2, 0.25) is 5.91 Å². The Bertz CT molecular complexity index is 563. The molecule has 1 atom stereocenters. The summed E-state index contributed by atoms with van der Waals surface area (Å²) < 4.78 is 0. The van der Waals surface area contributed by atoms with Gasteiger partial charge in [0.05, 0.1) is 0 Å². The minimum Gasteiger partial charge on any atom is -0.342 e. The largest absolute Gasteiger partial charge is 0.342 e. The summed E-state index contributed by atoms with van der Waals surface area (Å²) in [6.07, 6.45) is 0. The van der Waals surface area contributed by atoms with E-state index in [4.69, 9.17) is 11.6 Å². The number of piperazine rings is 1. The van der Waals surface area contributed by atoms with Crippen LogP contribution in [0.2, 0.25) is 5.02 Å². The van der Waals surface area contributed by atoms with Crippen molar-refractivity contribution in [2.75, 3.05) is 11.4 Å². The predicted molar refractivity (Wildman–Crippen MR) is 79.9 cm³/mol. The molecule has 2 rings (SSSR count). The van der Waals surface area contributed by atoms with Crippen molar-refractivity contribution in [1.29, 1.82) is 0 Å². The van der Waals surface area contributed by atoms with E-state index in [0.29, 0.717) is 10.7 Å². The van der Waals surface area contributed by atoms with Crippen LogP contribution in [0.5, 0.6) is 0 Å². The van der Waals surface area contributed by atoms with E-state index >= 15 is 0 Å². The Balaban J connectivity index is 2.43. The lowest BCUT2D eigenvalue weighted by Gasteiger charge is -2.39. The Kier molecular flexibility index (Phi) is 3.78. The van der Waals surface area contributed by atoms with E-state index in [2.05, 4.69) is 5.32 Å². The first-order valence-corrected chi connectivity index (χ1v) is 6.95. The second kappa shape index (κ2) is 5.09. The molecule has 0 bridgehead atoms. The lowest BCUT2D eigenvalue weighted by atomic mass is 9.84. The summed E-state index contributed by atoms with van der Waals surface area (Å²) in [6, 6.07) is 4.85. The van der Waals surface area contributed by atoms with Gasteiger partial charge in [0.25, 0.3) is 5.91 Å². The first-order chi connectivity index (χ1) is 9.21. The maximum absolute atomic E-state index is 12.6. The summed E-state index contributed by atoms with van der Waals surface area (Å²) in [4.78, 5) is 26.1. The molecule has 5 heteroatoms. The van der Waals surface area contributed by atoms with Crippen LogP contribution in [0.3, 0.4) is 0 Å². The molecule has 0 radical (unpaired) electrons. The number of carbonyl (C=O) groups is 2. The Morgan fingerprint density at radius 1 is 1.30 bits per heavy atom. The van der Waals surface area contributed by atoms with E-state index in [-0.39, 0.29) is 23.8 Å². The van der Waals surface area contributed by atoms with Crippen molar-refractivity contribution < 1.29 is 9.59 Å². The molecule has 108 valence electrons. The quantitative estimate of drug-likeness (QED) is 0.865. The number of rotatable bonds is 1. The van der Waals surface area contributed by atoms with Gasteiger partial charge < -0.3 is 10.2 Å². The molecule has 1 aromatic carbocycles. The molecule has 2 amide bonds. The van der Waals surface area contributed by atoms with Crippen LogP contribution in [0.15, 0.2) is 18.2 Å². The summed E-state index contributed by atoms with van der Waals surface area (Å²) in [5.74, 6) is -0.244. The van der Waals surface area contributed by atoms with Gasteiger partial charge >= 0.3 is 0 Å². The zero-order chi connectivity index (χ0) is 15.1. The normalized spacial score (nSPS) is 20.1. The topological polar surface area (TPSA) is 49.4 Å². The van der Waals surface area contributed by atoms with Crippen molar-refractivity contribution >= 4 is 29.1 Å². The van der Waals surface area contributed by atoms with Gasteiger partial charge in [-0.25, -0.2) is 0 Å². The number of benzene rings is 1. The van der Waals surface area contributed by atoms with Gasteiger partial charge in [-0.2, -0.15) is 0 Å². The highest BCUT2D eigenvalue weighted by Gasteiger charge is 2.40. The third-order valence-corrected chi connectivity index (χ3v) is 3.93. The van der Waals surface area contributed by atoms with Gasteiger partial charge in [-0.3, -0.25) is 9.59 Å². The van der Waals surface area contributed by atoms with Gasteiger partial charge in [-0.05, 0) is 30.0 Å². The van der Waals surface area contributed by atoms with Gasteiger partial charge in [0, 0.05) is 10.7 Å². The van der Waals surface area contributed by atoms with Gasteiger partial charge in [-0.15, -0.1) is 0 Å². The van der Waals surface area contributed by atoms with Crippen molar-refractivity contribution in [2.24, 2.45) is 5.41 Å². The number of halogens is 1. The fourth-order valence-electron chi connectivity index (χ4n) is 2.33. The van der Waals surface area contributed by atoms with Crippen LogP contribution in [0.1, 0.15) is 26.3 Å². The molecule has 1 unspecified atom stereocenters. The standard InChI is InChI=1S/C15H19ClN2O2/c1-9-10(16)6-5-7-11(9)18-8-12(19)17-13(14(18)20)15(2,3)4/h5-7,13H,8H2,1-4H3,(H,17,19). The molecule has 0 saturated carbocycles. The van der Waals surface area contributed by atoms with E-state index in [9.17, 15) is 9.59 Å². The van der Waals surface area contributed by atoms with Crippen molar-refractivity contribution in [3.8, 4) is 0 Å². The van der Waals surface area contributed by atoms with Crippen molar-refractivity contribution in [3.05, 3.63) is 28.8 Å². The maximum Gasteiger partial charge on any atom is 0.250 e. The molecule has 1 aliphatic rings. The number of anilines is 1. The molecule has 0 aliphatic carbocycles. The monoisotopic (exact) mass is 294 g/mol. The van der Waals surface area contributed by atoms with Gasteiger partial charge in [0.15, 0.2) is 0 Å². The molecule has 0 spiro atoms. The minimum atomic E-state index is -0.526. The van der Waals surface area contributed by atoms with Crippen LogP contribution in [0, 0.1) is 12.3 Å².